The molecule has 1 atom stereocenters. The SMILES string of the molecule is O=S1(=O)CCC(N/N=C/c2ccncc2)C1. The first-order valence-corrected chi connectivity index (χ1v) is 6.87. The predicted octanol–water partition coefficient (Wildman–Crippen LogP) is 0.192. The molecule has 1 saturated heterocycles. The van der Waals surface area contributed by atoms with E-state index in [1.54, 1.807) is 18.6 Å². The third-order valence-corrected chi connectivity index (χ3v) is 4.18. The number of sulfone groups is 1. The second-order valence-electron chi connectivity index (χ2n) is 3.77. The summed E-state index contributed by atoms with van der Waals surface area (Å²) in [5, 5.41) is 4.02. The van der Waals surface area contributed by atoms with Gasteiger partial charge in [-0.25, -0.2) is 8.42 Å². The van der Waals surface area contributed by atoms with Gasteiger partial charge in [-0.1, -0.05) is 0 Å². The molecule has 0 saturated carbocycles. The Bertz CT molecular complexity index is 470. The van der Waals surface area contributed by atoms with Crippen LogP contribution in [-0.2, 0) is 9.84 Å². The quantitative estimate of drug-likeness (QED) is 0.604. The molecule has 0 aromatic carbocycles. The molecule has 6 heteroatoms. The van der Waals surface area contributed by atoms with Crippen LogP contribution in [0, 0.1) is 0 Å². The minimum Gasteiger partial charge on any atom is -0.306 e. The van der Waals surface area contributed by atoms with Gasteiger partial charge in [-0.15, -0.1) is 0 Å². The number of rotatable bonds is 3. The lowest BCUT2D eigenvalue weighted by Gasteiger charge is -2.05. The van der Waals surface area contributed by atoms with Crippen LogP contribution in [0.1, 0.15) is 12.0 Å². The highest BCUT2D eigenvalue weighted by molar-refractivity contribution is 7.91. The molecular formula is C10H13N3O2S. The summed E-state index contributed by atoms with van der Waals surface area (Å²) in [5.41, 5.74) is 3.79. The summed E-state index contributed by atoms with van der Waals surface area (Å²) < 4.78 is 22.3. The number of nitrogens with zero attached hydrogens (tertiary/aromatic N) is 2. The fraction of sp³-hybridized carbons (Fsp3) is 0.400. The number of hydrogen-bond donors (Lipinski definition) is 1. The molecule has 0 bridgehead atoms. The van der Waals surface area contributed by atoms with Crippen LogP contribution < -0.4 is 5.43 Å². The second-order valence-corrected chi connectivity index (χ2v) is 6.00. The van der Waals surface area contributed by atoms with Gasteiger partial charge < -0.3 is 5.43 Å². The van der Waals surface area contributed by atoms with Crippen molar-refractivity contribution in [2.45, 2.75) is 12.5 Å². The van der Waals surface area contributed by atoms with Gasteiger partial charge in [-0.2, -0.15) is 5.10 Å². The number of hydrogen-bond acceptors (Lipinski definition) is 5. The molecule has 0 spiro atoms. The summed E-state index contributed by atoms with van der Waals surface area (Å²) in [4.78, 5) is 3.89. The molecule has 1 aromatic rings. The van der Waals surface area contributed by atoms with Crippen LogP contribution in [0.5, 0.6) is 0 Å². The van der Waals surface area contributed by atoms with Crippen LogP contribution in [0.25, 0.3) is 0 Å². The number of aromatic nitrogens is 1. The van der Waals surface area contributed by atoms with E-state index in [4.69, 9.17) is 0 Å². The summed E-state index contributed by atoms with van der Waals surface area (Å²) in [6.45, 7) is 0. The van der Waals surface area contributed by atoms with Crippen molar-refractivity contribution in [1.29, 1.82) is 0 Å². The van der Waals surface area contributed by atoms with Gasteiger partial charge in [0.2, 0.25) is 0 Å². The van der Waals surface area contributed by atoms with E-state index in [-0.39, 0.29) is 17.5 Å². The zero-order chi connectivity index (χ0) is 11.4. The van der Waals surface area contributed by atoms with E-state index in [0.29, 0.717) is 6.42 Å². The third kappa shape index (κ3) is 3.03. The first kappa shape index (κ1) is 11.1. The van der Waals surface area contributed by atoms with Crippen molar-refractivity contribution in [2.24, 2.45) is 5.10 Å². The van der Waals surface area contributed by atoms with Crippen LogP contribution >= 0.6 is 0 Å². The molecule has 86 valence electrons. The van der Waals surface area contributed by atoms with E-state index in [1.807, 2.05) is 12.1 Å². The van der Waals surface area contributed by atoms with E-state index in [9.17, 15) is 8.42 Å². The molecule has 1 unspecified atom stereocenters. The molecule has 0 aliphatic carbocycles. The van der Waals surface area contributed by atoms with Gasteiger partial charge in [-0.3, -0.25) is 4.98 Å². The van der Waals surface area contributed by atoms with Gasteiger partial charge in [-0.05, 0) is 24.1 Å². The Morgan fingerprint density at radius 3 is 2.81 bits per heavy atom. The molecule has 0 radical (unpaired) electrons. The Morgan fingerprint density at radius 1 is 1.44 bits per heavy atom. The minimum atomic E-state index is -2.84. The maximum Gasteiger partial charge on any atom is 0.152 e. The molecule has 2 rings (SSSR count). The Morgan fingerprint density at radius 2 is 2.19 bits per heavy atom. The normalized spacial score (nSPS) is 23.6. The molecule has 1 aliphatic rings. The van der Waals surface area contributed by atoms with Gasteiger partial charge in [0.05, 0.1) is 23.8 Å². The zero-order valence-electron chi connectivity index (χ0n) is 8.70. The van der Waals surface area contributed by atoms with Gasteiger partial charge in [0.25, 0.3) is 0 Å². The first-order valence-electron chi connectivity index (χ1n) is 5.05. The van der Waals surface area contributed by atoms with Crippen LogP contribution in [0.3, 0.4) is 0 Å². The Kier molecular flexibility index (Phi) is 3.19. The van der Waals surface area contributed by atoms with Crippen molar-refractivity contribution in [3.05, 3.63) is 30.1 Å². The molecule has 1 fully saturated rings. The summed E-state index contributed by atoms with van der Waals surface area (Å²) in [7, 11) is -2.84. The van der Waals surface area contributed by atoms with Crippen molar-refractivity contribution in [3.8, 4) is 0 Å². The smallest absolute Gasteiger partial charge is 0.152 e. The lowest BCUT2D eigenvalue weighted by atomic mass is 10.3. The van der Waals surface area contributed by atoms with E-state index in [1.165, 1.54) is 0 Å². The highest BCUT2D eigenvalue weighted by Gasteiger charge is 2.27. The zero-order valence-corrected chi connectivity index (χ0v) is 9.52. The van der Waals surface area contributed by atoms with Gasteiger partial charge >= 0.3 is 0 Å². The van der Waals surface area contributed by atoms with Crippen molar-refractivity contribution in [2.75, 3.05) is 11.5 Å². The average Bonchev–Trinajstić information content (AvgIpc) is 2.60. The molecule has 1 aromatic heterocycles. The topological polar surface area (TPSA) is 71.4 Å². The first-order chi connectivity index (χ1) is 7.66. The average molecular weight is 239 g/mol. The predicted molar refractivity (Wildman–Crippen MR) is 62.0 cm³/mol. The van der Waals surface area contributed by atoms with Crippen LogP contribution in [0.15, 0.2) is 29.6 Å². The highest BCUT2D eigenvalue weighted by Crippen LogP contribution is 2.10. The van der Waals surface area contributed by atoms with E-state index >= 15 is 0 Å². The summed E-state index contributed by atoms with van der Waals surface area (Å²) in [5.74, 6) is 0.441. The van der Waals surface area contributed by atoms with Gasteiger partial charge in [0, 0.05) is 12.4 Å². The third-order valence-electron chi connectivity index (χ3n) is 2.41. The minimum absolute atomic E-state index is 0.0527. The second kappa shape index (κ2) is 4.61. The molecule has 16 heavy (non-hydrogen) atoms. The largest absolute Gasteiger partial charge is 0.306 e. The van der Waals surface area contributed by atoms with Gasteiger partial charge in [0.1, 0.15) is 0 Å². The van der Waals surface area contributed by atoms with Crippen molar-refractivity contribution < 1.29 is 8.42 Å². The maximum atomic E-state index is 11.2. The fourth-order valence-electron chi connectivity index (χ4n) is 1.56. The standard InChI is InChI=1S/C10H13N3O2S/c14-16(15)6-3-10(8-16)13-12-7-9-1-4-11-5-2-9/h1-2,4-5,7,10,13H,3,6,8H2/b12-7+. The van der Waals surface area contributed by atoms with Crippen molar-refractivity contribution >= 4 is 16.1 Å². The molecular weight excluding hydrogens is 226 g/mol. The summed E-state index contributed by atoms with van der Waals surface area (Å²) >= 11 is 0. The van der Waals surface area contributed by atoms with Crippen molar-refractivity contribution in [3.63, 3.8) is 0 Å². The monoisotopic (exact) mass is 239 g/mol. The molecule has 0 amide bonds. The molecule has 1 aliphatic heterocycles. The molecule has 2 heterocycles. The number of pyridine rings is 1. The fourth-order valence-corrected chi connectivity index (χ4v) is 3.23. The Hall–Kier alpha value is -1.43. The lowest BCUT2D eigenvalue weighted by Crippen LogP contribution is -2.25. The maximum absolute atomic E-state index is 11.2. The number of hydrazone groups is 1. The van der Waals surface area contributed by atoms with Crippen LogP contribution in [0.2, 0.25) is 0 Å². The Labute approximate surface area is 94.5 Å². The van der Waals surface area contributed by atoms with Crippen LogP contribution in [0.4, 0.5) is 0 Å². The summed E-state index contributed by atoms with van der Waals surface area (Å²) in [6, 6.07) is 3.61. The van der Waals surface area contributed by atoms with Crippen LogP contribution in [-0.4, -0.2) is 37.2 Å². The lowest BCUT2D eigenvalue weighted by molar-refractivity contribution is 0.578. The van der Waals surface area contributed by atoms with Crippen molar-refractivity contribution in [1.82, 2.24) is 10.4 Å². The Balaban J connectivity index is 1.87. The molecule has 1 N–H and O–H groups in total. The van der Waals surface area contributed by atoms with E-state index in [2.05, 4.69) is 15.5 Å². The highest BCUT2D eigenvalue weighted by atomic mass is 32.2. The van der Waals surface area contributed by atoms with E-state index in [0.717, 1.165) is 5.56 Å². The number of nitrogens with one attached hydrogen (secondary N) is 1. The van der Waals surface area contributed by atoms with Gasteiger partial charge in [0.15, 0.2) is 9.84 Å². The molecule has 5 nitrogen and oxygen atoms in total. The summed E-state index contributed by atoms with van der Waals surface area (Å²) in [6.07, 6.45) is 5.66. The van der Waals surface area contributed by atoms with E-state index < -0.39 is 9.84 Å².